The van der Waals surface area contributed by atoms with Crippen LogP contribution in [-0.2, 0) is 6.54 Å². The summed E-state index contributed by atoms with van der Waals surface area (Å²) in [4.78, 5) is 8.73. The second-order valence-electron chi connectivity index (χ2n) is 4.42. The normalized spacial score (nSPS) is 10.9. The number of rotatable bonds is 4. The number of fused-ring (bicyclic) bond motifs is 1. The number of nitrogens with one attached hydrogen (secondary N) is 2. The van der Waals surface area contributed by atoms with E-state index in [9.17, 15) is 0 Å². The monoisotopic (exact) mass is 311 g/mol. The molecule has 0 atom stereocenters. The van der Waals surface area contributed by atoms with Crippen LogP contribution in [0.5, 0.6) is 0 Å². The van der Waals surface area contributed by atoms with Gasteiger partial charge in [-0.3, -0.25) is 10.4 Å². The maximum Gasteiger partial charge on any atom is 0.187 e. The summed E-state index contributed by atoms with van der Waals surface area (Å²) in [6, 6.07) is 11.4. The van der Waals surface area contributed by atoms with Gasteiger partial charge < -0.3 is 9.73 Å². The van der Waals surface area contributed by atoms with Crippen LogP contribution >= 0.6 is 12.2 Å². The van der Waals surface area contributed by atoms with E-state index in [-0.39, 0.29) is 0 Å². The van der Waals surface area contributed by atoms with Crippen LogP contribution in [0.15, 0.2) is 58.4 Å². The van der Waals surface area contributed by atoms with Crippen molar-refractivity contribution in [2.45, 2.75) is 6.54 Å². The first-order chi connectivity index (χ1) is 10.8. The molecule has 0 bridgehead atoms. The van der Waals surface area contributed by atoms with E-state index in [1.807, 2.05) is 36.4 Å². The Hall–Kier alpha value is -2.80. The summed E-state index contributed by atoms with van der Waals surface area (Å²) in [5.74, 6) is 0.800. The smallest absolute Gasteiger partial charge is 0.187 e. The minimum absolute atomic E-state index is 0.404. The van der Waals surface area contributed by atoms with Crippen LogP contribution in [0.1, 0.15) is 11.5 Å². The Bertz CT molecular complexity index is 801. The van der Waals surface area contributed by atoms with Gasteiger partial charge in [0.1, 0.15) is 11.5 Å². The van der Waals surface area contributed by atoms with Gasteiger partial charge >= 0.3 is 0 Å². The first-order valence-corrected chi connectivity index (χ1v) is 7.03. The number of hydrogen-bond acceptors (Lipinski definition) is 5. The third-order valence-corrected chi connectivity index (χ3v) is 3.07. The zero-order chi connectivity index (χ0) is 15.2. The topological polar surface area (TPSA) is 75.3 Å². The zero-order valence-electron chi connectivity index (χ0n) is 11.6. The Morgan fingerprint density at radius 1 is 1.23 bits per heavy atom. The van der Waals surface area contributed by atoms with Crippen molar-refractivity contribution in [1.29, 1.82) is 0 Å². The predicted molar refractivity (Wildman–Crippen MR) is 88.4 cm³/mol. The molecule has 0 saturated heterocycles. The molecule has 110 valence electrons. The maximum atomic E-state index is 5.19. The van der Waals surface area contributed by atoms with Crippen LogP contribution < -0.4 is 10.7 Å². The molecule has 6 nitrogen and oxygen atoms in total. The van der Waals surface area contributed by atoms with Crippen molar-refractivity contribution in [1.82, 2.24) is 20.7 Å². The number of aromatic nitrogens is 2. The predicted octanol–water partition coefficient (Wildman–Crippen LogP) is 2.22. The summed E-state index contributed by atoms with van der Waals surface area (Å²) in [5, 5.41) is 7.42. The Kier molecular flexibility index (Phi) is 4.35. The van der Waals surface area contributed by atoms with Crippen LogP contribution in [0.4, 0.5) is 0 Å². The molecule has 0 fully saturated rings. The van der Waals surface area contributed by atoms with E-state index in [1.165, 1.54) is 0 Å². The van der Waals surface area contributed by atoms with Gasteiger partial charge in [0.25, 0.3) is 0 Å². The molecule has 3 rings (SSSR count). The Morgan fingerprint density at radius 2 is 2.09 bits per heavy atom. The quantitative estimate of drug-likeness (QED) is 0.437. The molecule has 0 aliphatic carbocycles. The van der Waals surface area contributed by atoms with E-state index in [2.05, 4.69) is 25.8 Å². The lowest BCUT2D eigenvalue weighted by Gasteiger charge is -2.04. The van der Waals surface area contributed by atoms with Crippen LogP contribution in [0.3, 0.4) is 0 Å². The van der Waals surface area contributed by atoms with E-state index >= 15 is 0 Å². The molecule has 2 aromatic heterocycles. The van der Waals surface area contributed by atoms with Gasteiger partial charge in [-0.1, -0.05) is 12.1 Å². The second-order valence-corrected chi connectivity index (χ2v) is 4.82. The first kappa shape index (κ1) is 14.2. The molecule has 0 unspecified atom stereocenters. The average molecular weight is 311 g/mol. The number of hydrazone groups is 1. The van der Waals surface area contributed by atoms with Gasteiger partial charge in [0.05, 0.1) is 36.3 Å². The van der Waals surface area contributed by atoms with Crippen LogP contribution in [0.25, 0.3) is 11.0 Å². The largest absolute Gasteiger partial charge is 0.467 e. The van der Waals surface area contributed by atoms with E-state index in [4.69, 9.17) is 16.6 Å². The Balaban J connectivity index is 1.55. The van der Waals surface area contributed by atoms with Crippen molar-refractivity contribution in [2.75, 3.05) is 0 Å². The lowest BCUT2D eigenvalue weighted by molar-refractivity contribution is 0.502. The van der Waals surface area contributed by atoms with Crippen LogP contribution in [-0.4, -0.2) is 21.3 Å². The standard InChI is InChI=1S/C15H13N5OS/c22-15(17-10-12-4-3-7-21-12)20-18-9-11-8-16-13-5-1-2-6-14(13)19-11/h1-9H,10H2,(H2,17,20,22)/b18-9-. The molecule has 0 aliphatic heterocycles. The molecule has 0 amide bonds. The number of para-hydroxylation sites is 2. The average Bonchev–Trinajstić information content (AvgIpc) is 3.06. The molecule has 0 radical (unpaired) electrons. The molecular weight excluding hydrogens is 298 g/mol. The van der Waals surface area contributed by atoms with Gasteiger partial charge in [0, 0.05) is 0 Å². The summed E-state index contributed by atoms with van der Waals surface area (Å²) in [5.41, 5.74) is 5.05. The fraction of sp³-hybridized carbons (Fsp3) is 0.0667. The number of benzene rings is 1. The molecule has 0 spiro atoms. The number of nitrogens with zero attached hydrogens (tertiary/aromatic N) is 3. The first-order valence-electron chi connectivity index (χ1n) is 6.62. The molecule has 0 saturated carbocycles. The summed E-state index contributed by atoms with van der Waals surface area (Å²) < 4.78 is 5.19. The highest BCUT2D eigenvalue weighted by Crippen LogP contribution is 2.07. The third-order valence-electron chi connectivity index (χ3n) is 2.83. The van der Waals surface area contributed by atoms with Gasteiger partial charge in [-0.25, -0.2) is 4.98 Å². The number of thiocarbonyl (C=S) groups is 1. The Morgan fingerprint density at radius 3 is 2.91 bits per heavy atom. The van der Waals surface area contributed by atoms with Gasteiger partial charge in [-0.2, -0.15) is 5.10 Å². The summed E-state index contributed by atoms with van der Waals surface area (Å²) in [6.45, 7) is 0.504. The summed E-state index contributed by atoms with van der Waals surface area (Å²) in [7, 11) is 0. The lowest BCUT2D eigenvalue weighted by atomic mass is 10.3. The van der Waals surface area contributed by atoms with Crippen LogP contribution in [0, 0.1) is 0 Å². The Labute approximate surface area is 132 Å². The van der Waals surface area contributed by atoms with E-state index in [0.29, 0.717) is 17.4 Å². The van der Waals surface area contributed by atoms with Crippen LogP contribution in [0.2, 0.25) is 0 Å². The van der Waals surface area contributed by atoms with Gasteiger partial charge in [-0.05, 0) is 36.5 Å². The number of hydrogen-bond donors (Lipinski definition) is 2. The third kappa shape index (κ3) is 3.64. The van der Waals surface area contributed by atoms with E-state index in [0.717, 1.165) is 16.8 Å². The molecule has 1 aromatic carbocycles. The van der Waals surface area contributed by atoms with Gasteiger partial charge in [-0.15, -0.1) is 0 Å². The highest BCUT2D eigenvalue weighted by Gasteiger charge is 1.98. The van der Waals surface area contributed by atoms with Gasteiger partial charge in [0.15, 0.2) is 5.11 Å². The lowest BCUT2D eigenvalue weighted by Crippen LogP contribution is -2.31. The molecule has 22 heavy (non-hydrogen) atoms. The molecule has 2 heterocycles. The highest BCUT2D eigenvalue weighted by molar-refractivity contribution is 7.80. The fourth-order valence-electron chi connectivity index (χ4n) is 1.81. The van der Waals surface area contributed by atoms with E-state index < -0.39 is 0 Å². The number of furan rings is 1. The zero-order valence-corrected chi connectivity index (χ0v) is 12.4. The van der Waals surface area contributed by atoms with Crippen molar-refractivity contribution in [3.63, 3.8) is 0 Å². The molecule has 2 N–H and O–H groups in total. The molecular formula is C15H13N5OS. The summed E-state index contributed by atoms with van der Waals surface area (Å²) >= 11 is 5.11. The highest BCUT2D eigenvalue weighted by atomic mass is 32.1. The van der Waals surface area contributed by atoms with Crippen molar-refractivity contribution < 1.29 is 4.42 Å². The van der Waals surface area contributed by atoms with Crippen molar-refractivity contribution >= 4 is 34.6 Å². The van der Waals surface area contributed by atoms with Crippen molar-refractivity contribution in [3.8, 4) is 0 Å². The minimum atomic E-state index is 0.404. The second kappa shape index (κ2) is 6.77. The van der Waals surface area contributed by atoms with Crippen molar-refractivity contribution in [3.05, 3.63) is 60.3 Å². The van der Waals surface area contributed by atoms with E-state index in [1.54, 1.807) is 18.7 Å². The SMILES string of the molecule is S=C(NCc1ccco1)N/N=C\c1cnc2ccccc2n1. The fourth-order valence-corrected chi connectivity index (χ4v) is 1.94. The maximum absolute atomic E-state index is 5.19. The molecule has 0 aliphatic rings. The summed E-state index contributed by atoms with van der Waals surface area (Å²) in [6.07, 6.45) is 4.84. The van der Waals surface area contributed by atoms with Gasteiger partial charge in [0.2, 0.25) is 0 Å². The molecule has 3 aromatic rings. The molecule has 7 heteroatoms. The van der Waals surface area contributed by atoms with Crippen molar-refractivity contribution in [2.24, 2.45) is 5.10 Å². The minimum Gasteiger partial charge on any atom is -0.467 e.